The average molecular weight is 830 g/mol. The van der Waals surface area contributed by atoms with E-state index >= 15 is 0 Å². The van der Waals surface area contributed by atoms with Crippen molar-refractivity contribution in [1.29, 1.82) is 0 Å². The number of alkyl carbamates (subject to hydrolysis) is 2. The summed E-state index contributed by atoms with van der Waals surface area (Å²) in [6, 6.07) is 25.7. The summed E-state index contributed by atoms with van der Waals surface area (Å²) in [5, 5.41) is 13.3. The quantitative estimate of drug-likeness (QED) is 0.102. The van der Waals surface area contributed by atoms with Gasteiger partial charge in [-0.15, -0.1) is 0 Å². The number of unbranched alkanes of at least 4 members (excludes halogenated alkanes) is 1. The lowest BCUT2D eigenvalue weighted by molar-refractivity contribution is -0.138. The van der Waals surface area contributed by atoms with Gasteiger partial charge in [-0.3, -0.25) is 19.2 Å². The second-order valence-electron chi connectivity index (χ2n) is 15.3. The largest absolute Gasteiger partial charge is 0.453 e. The monoisotopic (exact) mass is 829 g/mol. The van der Waals surface area contributed by atoms with Crippen LogP contribution in [-0.4, -0.2) is 89.6 Å². The molecule has 0 spiro atoms. The van der Waals surface area contributed by atoms with E-state index in [1.165, 1.54) is 24.0 Å². The predicted molar refractivity (Wildman–Crippen MR) is 231 cm³/mol. The smallest absolute Gasteiger partial charge is 0.407 e. The molecule has 0 bridgehead atoms. The summed E-state index contributed by atoms with van der Waals surface area (Å²) in [5.41, 5.74) is 4.09. The first-order valence-electron chi connectivity index (χ1n) is 20.7. The summed E-state index contributed by atoms with van der Waals surface area (Å²) in [4.78, 5) is 83.3. The fourth-order valence-electron chi connectivity index (χ4n) is 8.42. The third kappa shape index (κ3) is 9.15. The highest BCUT2D eigenvalue weighted by Gasteiger charge is 2.40. The molecular formula is C46H51N7O8. The Morgan fingerprint density at radius 1 is 0.623 bits per heavy atom. The number of aryl methyl sites for hydroxylation is 1. The number of carbonyl (C=O) groups is 6. The Labute approximate surface area is 353 Å². The molecule has 0 aliphatic carbocycles. The number of aromatic nitrogens is 1. The van der Waals surface area contributed by atoms with Crippen LogP contribution in [0.5, 0.6) is 0 Å². The van der Waals surface area contributed by atoms with Crippen molar-refractivity contribution in [3.05, 3.63) is 108 Å². The summed E-state index contributed by atoms with van der Waals surface area (Å²) in [6.07, 6.45) is 2.51. The first kappa shape index (κ1) is 42.2. The van der Waals surface area contributed by atoms with Crippen molar-refractivity contribution in [2.24, 2.45) is 0 Å². The molecule has 1 aromatic heterocycles. The maximum absolute atomic E-state index is 13.9. The highest BCUT2D eigenvalue weighted by atomic mass is 16.5. The predicted octanol–water partition coefficient (Wildman–Crippen LogP) is 6.65. The molecule has 4 aromatic carbocycles. The van der Waals surface area contributed by atoms with Gasteiger partial charge in [0.25, 0.3) is 11.8 Å². The van der Waals surface area contributed by atoms with Crippen molar-refractivity contribution in [2.45, 2.75) is 76.2 Å². The van der Waals surface area contributed by atoms with Crippen molar-refractivity contribution in [3.63, 3.8) is 0 Å². The molecular weight excluding hydrogens is 779 g/mol. The number of carbonyl (C=O) groups excluding carboxylic acids is 6. The molecule has 3 heterocycles. The van der Waals surface area contributed by atoms with Gasteiger partial charge < -0.3 is 45.1 Å². The highest BCUT2D eigenvalue weighted by Crippen LogP contribution is 2.34. The molecule has 2 aliphatic rings. The third-order valence-corrected chi connectivity index (χ3v) is 11.5. The summed E-state index contributed by atoms with van der Waals surface area (Å²) in [6.45, 7) is 3.52. The van der Waals surface area contributed by atoms with Crippen LogP contribution in [0.2, 0.25) is 0 Å². The molecule has 4 atom stereocenters. The lowest BCUT2D eigenvalue weighted by Gasteiger charge is -2.28. The molecule has 2 fully saturated rings. The molecule has 2 saturated heterocycles. The maximum Gasteiger partial charge on any atom is 0.407 e. The first-order valence-corrected chi connectivity index (χ1v) is 20.7. The molecule has 0 saturated carbocycles. The van der Waals surface area contributed by atoms with Gasteiger partial charge in [0, 0.05) is 41.8 Å². The number of fused-ring (bicyclic) bond motifs is 3. The molecule has 1 unspecified atom stereocenters. The molecule has 6 amide bonds. The molecule has 61 heavy (non-hydrogen) atoms. The van der Waals surface area contributed by atoms with Crippen molar-refractivity contribution in [1.82, 2.24) is 25.0 Å². The second kappa shape index (κ2) is 19.0. The number of methoxy groups -OCH3 is 2. The van der Waals surface area contributed by atoms with E-state index in [0.717, 1.165) is 34.6 Å². The van der Waals surface area contributed by atoms with Crippen LogP contribution < -0.4 is 21.3 Å². The normalized spacial score (nSPS) is 17.1. The van der Waals surface area contributed by atoms with Gasteiger partial charge in [-0.1, -0.05) is 86.1 Å². The Kier molecular flexibility index (Phi) is 13.2. The highest BCUT2D eigenvalue weighted by molar-refractivity contribution is 6.11. The minimum atomic E-state index is -1.02. The number of benzene rings is 4. The van der Waals surface area contributed by atoms with Crippen LogP contribution in [0, 0.1) is 0 Å². The van der Waals surface area contributed by atoms with Crippen LogP contribution in [-0.2, 0) is 35.2 Å². The second-order valence-corrected chi connectivity index (χ2v) is 15.3. The van der Waals surface area contributed by atoms with Crippen LogP contribution in [0.4, 0.5) is 21.0 Å². The SMILES string of the molecule is CCCCn1c2cc(NC(=O)C3CCCN3C(=O)[C@@H](NC(=O)OC)c3ccccc3)ccc2c2ccc(NC(=O)[C@@H]3CCCN3C(=O)[C@@H](NC(=O)OC)c3ccccc3)cc21. The van der Waals surface area contributed by atoms with Crippen LogP contribution in [0.25, 0.3) is 21.8 Å². The summed E-state index contributed by atoms with van der Waals surface area (Å²) in [7, 11) is 2.46. The van der Waals surface area contributed by atoms with Gasteiger partial charge in [-0.25, -0.2) is 9.59 Å². The minimum Gasteiger partial charge on any atom is -0.453 e. The van der Waals surface area contributed by atoms with E-state index in [1.54, 1.807) is 48.5 Å². The maximum atomic E-state index is 13.9. The molecule has 5 aromatic rings. The number of likely N-dealkylation sites (tertiary alicyclic amines) is 2. The topological polar surface area (TPSA) is 180 Å². The Morgan fingerprint density at radius 2 is 1.05 bits per heavy atom. The van der Waals surface area contributed by atoms with Crippen molar-refractivity contribution in [3.8, 4) is 0 Å². The first-order chi connectivity index (χ1) is 29.6. The van der Waals surface area contributed by atoms with Gasteiger partial charge >= 0.3 is 12.2 Å². The molecule has 4 N–H and O–H groups in total. The Bertz CT molecular complexity index is 2260. The van der Waals surface area contributed by atoms with E-state index in [1.807, 2.05) is 48.5 Å². The van der Waals surface area contributed by atoms with E-state index in [4.69, 9.17) is 9.47 Å². The van der Waals surface area contributed by atoms with E-state index in [0.29, 0.717) is 67.8 Å². The lowest BCUT2D eigenvalue weighted by atomic mass is 10.0. The zero-order valence-electron chi connectivity index (χ0n) is 34.5. The third-order valence-electron chi connectivity index (χ3n) is 11.5. The van der Waals surface area contributed by atoms with Gasteiger partial charge in [-0.05, 0) is 67.5 Å². The summed E-state index contributed by atoms with van der Waals surface area (Å²) in [5.74, 6) is -1.45. The van der Waals surface area contributed by atoms with Crippen LogP contribution in [0.15, 0.2) is 97.1 Å². The van der Waals surface area contributed by atoms with Gasteiger partial charge in [0.05, 0.1) is 25.3 Å². The molecule has 0 radical (unpaired) electrons. The van der Waals surface area contributed by atoms with Crippen LogP contribution in [0.1, 0.15) is 68.7 Å². The number of ether oxygens (including phenoxy) is 2. The molecule has 15 nitrogen and oxygen atoms in total. The average Bonchev–Trinajstić information content (AvgIpc) is 4.05. The number of nitrogens with one attached hydrogen (secondary N) is 4. The molecule has 318 valence electrons. The van der Waals surface area contributed by atoms with Gasteiger partial charge in [-0.2, -0.15) is 0 Å². The van der Waals surface area contributed by atoms with Gasteiger partial charge in [0.15, 0.2) is 0 Å². The van der Waals surface area contributed by atoms with Crippen molar-refractivity contribution in [2.75, 3.05) is 37.9 Å². The van der Waals surface area contributed by atoms with Crippen LogP contribution >= 0.6 is 0 Å². The molecule has 15 heteroatoms. The van der Waals surface area contributed by atoms with E-state index in [-0.39, 0.29) is 11.8 Å². The van der Waals surface area contributed by atoms with E-state index in [2.05, 4.69) is 32.8 Å². The number of anilines is 2. The Hall–Kier alpha value is -6.90. The summed E-state index contributed by atoms with van der Waals surface area (Å²) >= 11 is 0. The fourth-order valence-corrected chi connectivity index (χ4v) is 8.42. The van der Waals surface area contributed by atoms with Crippen molar-refractivity contribution < 1.29 is 38.2 Å². The van der Waals surface area contributed by atoms with Gasteiger partial charge in [0.2, 0.25) is 11.8 Å². The fraction of sp³-hybridized carbons (Fsp3) is 0.348. The zero-order valence-corrected chi connectivity index (χ0v) is 34.5. The van der Waals surface area contributed by atoms with E-state index in [9.17, 15) is 28.8 Å². The van der Waals surface area contributed by atoms with Gasteiger partial charge in [0.1, 0.15) is 24.2 Å². The number of nitrogens with zero attached hydrogens (tertiary/aromatic N) is 3. The number of amides is 6. The number of hydrogen-bond donors (Lipinski definition) is 4. The number of hydrogen-bond acceptors (Lipinski definition) is 8. The van der Waals surface area contributed by atoms with Crippen molar-refractivity contribution >= 4 is 69.0 Å². The minimum absolute atomic E-state index is 0.327. The zero-order chi connectivity index (χ0) is 43.0. The molecule has 2 aliphatic heterocycles. The molecule has 7 rings (SSSR count). The standard InChI is InChI=1S/C46H51N7O8/c1-4-5-24-51-37-27-31(47-41(54)35-18-12-25-52(35)43(56)39(49-45(58)60-2)29-14-8-6-9-15-29)20-22-33(37)34-23-21-32(28-38(34)51)48-42(55)36-19-13-26-53(36)44(57)40(50-46(59)61-3)30-16-10-7-11-17-30/h6-11,14-17,20-23,27-28,35-36,39-40H,4-5,12-13,18-19,24-26H2,1-3H3,(H,47,54)(H,48,55)(H,49,58)(H,50,59)/t35-,36?,39-,40-/m0/s1. The Balaban J connectivity index is 1.11. The summed E-state index contributed by atoms with van der Waals surface area (Å²) < 4.78 is 11.8. The van der Waals surface area contributed by atoms with E-state index < -0.39 is 48.2 Å². The van der Waals surface area contributed by atoms with Crippen LogP contribution in [0.3, 0.4) is 0 Å². The lowest BCUT2D eigenvalue weighted by Crippen LogP contribution is -2.48. The Morgan fingerprint density at radius 3 is 1.44 bits per heavy atom. The number of rotatable bonds is 13.